The Labute approximate surface area is 124 Å². The monoisotopic (exact) mass is 290 g/mol. The number of aromatic nitrogens is 1. The molecule has 0 saturated heterocycles. The first kappa shape index (κ1) is 14.8. The summed E-state index contributed by atoms with van der Waals surface area (Å²) in [6.07, 6.45) is 5.15. The normalized spacial score (nSPS) is 10.6. The van der Waals surface area contributed by atoms with Crippen LogP contribution in [0.3, 0.4) is 0 Å². The Morgan fingerprint density at radius 1 is 1.20 bits per heavy atom. The average Bonchev–Trinajstić information content (AvgIpc) is 2.48. The lowest BCUT2D eigenvalue weighted by atomic mass is 10.1. The molecule has 1 heterocycles. The summed E-state index contributed by atoms with van der Waals surface area (Å²) in [5.74, 6) is 1.13. The van der Waals surface area contributed by atoms with Crippen molar-refractivity contribution in [3.63, 3.8) is 0 Å². The van der Waals surface area contributed by atoms with Crippen LogP contribution in [0.15, 0.2) is 36.5 Å². The van der Waals surface area contributed by atoms with Gasteiger partial charge in [0, 0.05) is 12.7 Å². The minimum absolute atomic E-state index is 0.369. The molecule has 0 amide bonds. The summed E-state index contributed by atoms with van der Waals surface area (Å²) in [5, 5.41) is 0.477. The van der Waals surface area contributed by atoms with E-state index in [2.05, 4.69) is 24.0 Å². The average molecular weight is 291 g/mol. The Morgan fingerprint density at radius 2 is 1.95 bits per heavy atom. The fourth-order valence-electron chi connectivity index (χ4n) is 1.91. The molecule has 4 heteroatoms. The third-order valence-electron chi connectivity index (χ3n) is 3.11. The van der Waals surface area contributed by atoms with Crippen LogP contribution in [-0.4, -0.2) is 4.98 Å². The highest BCUT2D eigenvalue weighted by Crippen LogP contribution is 2.29. The van der Waals surface area contributed by atoms with E-state index in [1.165, 1.54) is 18.4 Å². The van der Waals surface area contributed by atoms with Crippen molar-refractivity contribution in [2.45, 2.75) is 32.7 Å². The number of aryl methyl sites for hydroxylation is 1. The van der Waals surface area contributed by atoms with Crippen LogP contribution in [0.5, 0.6) is 11.6 Å². The van der Waals surface area contributed by atoms with E-state index in [0.29, 0.717) is 17.4 Å². The number of ether oxygens (including phenoxy) is 1. The van der Waals surface area contributed by atoms with Gasteiger partial charge in [0.15, 0.2) is 0 Å². The van der Waals surface area contributed by atoms with Crippen molar-refractivity contribution in [3.05, 3.63) is 52.7 Å². The summed E-state index contributed by atoms with van der Waals surface area (Å²) in [6.45, 7) is 2.56. The lowest BCUT2D eigenvalue weighted by Gasteiger charge is -2.09. The maximum absolute atomic E-state index is 6.19. The molecule has 0 aliphatic rings. The third kappa shape index (κ3) is 3.71. The molecule has 0 aliphatic carbocycles. The number of pyridine rings is 1. The second kappa shape index (κ2) is 7.27. The zero-order valence-electron chi connectivity index (χ0n) is 11.6. The second-order valence-electron chi connectivity index (χ2n) is 4.64. The van der Waals surface area contributed by atoms with Gasteiger partial charge in [-0.25, -0.2) is 4.98 Å². The molecule has 0 fully saturated rings. The van der Waals surface area contributed by atoms with E-state index >= 15 is 0 Å². The van der Waals surface area contributed by atoms with Gasteiger partial charge in [-0.15, -0.1) is 0 Å². The molecule has 2 N–H and O–H groups in total. The summed E-state index contributed by atoms with van der Waals surface area (Å²) in [7, 11) is 0. The van der Waals surface area contributed by atoms with Gasteiger partial charge in [0.25, 0.3) is 0 Å². The van der Waals surface area contributed by atoms with Crippen LogP contribution in [0, 0.1) is 0 Å². The third-order valence-corrected chi connectivity index (χ3v) is 3.52. The number of unbranched alkanes of at least 4 members (excludes halogenated alkanes) is 1. The highest BCUT2D eigenvalue weighted by Gasteiger charge is 2.08. The Kier molecular flexibility index (Phi) is 5.39. The van der Waals surface area contributed by atoms with Crippen LogP contribution in [0.25, 0.3) is 0 Å². The summed E-state index contributed by atoms with van der Waals surface area (Å²) >= 11 is 6.19. The lowest BCUT2D eigenvalue weighted by Crippen LogP contribution is -1.99. The van der Waals surface area contributed by atoms with Gasteiger partial charge in [0.05, 0.1) is 0 Å². The van der Waals surface area contributed by atoms with Crippen molar-refractivity contribution in [1.29, 1.82) is 0 Å². The van der Waals surface area contributed by atoms with Crippen LogP contribution >= 0.6 is 11.6 Å². The van der Waals surface area contributed by atoms with Crippen LogP contribution in [0.1, 0.15) is 30.9 Å². The largest absolute Gasteiger partial charge is 0.438 e. The zero-order valence-corrected chi connectivity index (χ0v) is 12.4. The molecule has 0 atom stereocenters. The van der Waals surface area contributed by atoms with E-state index in [1.807, 2.05) is 12.1 Å². The summed E-state index contributed by atoms with van der Waals surface area (Å²) in [4.78, 5) is 4.14. The van der Waals surface area contributed by atoms with E-state index < -0.39 is 0 Å². The number of hydrogen-bond donors (Lipinski definition) is 1. The van der Waals surface area contributed by atoms with Gasteiger partial charge in [-0.1, -0.05) is 37.1 Å². The molecule has 0 aliphatic heterocycles. The van der Waals surface area contributed by atoms with E-state index in [9.17, 15) is 0 Å². The number of nitrogens with zero attached hydrogens (tertiary/aromatic N) is 1. The highest BCUT2D eigenvalue weighted by molar-refractivity contribution is 6.32. The Bertz CT molecular complexity index is 555. The van der Waals surface area contributed by atoms with Gasteiger partial charge in [-0.05, 0) is 42.2 Å². The van der Waals surface area contributed by atoms with Crippen molar-refractivity contribution in [2.75, 3.05) is 0 Å². The number of nitrogens with two attached hydrogens (primary N) is 1. The predicted molar refractivity (Wildman–Crippen MR) is 82.3 cm³/mol. The maximum Gasteiger partial charge on any atom is 0.238 e. The Morgan fingerprint density at radius 3 is 2.60 bits per heavy atom. The molecule has 0 bridgehead atoms. The lowest BCUT2D eigenvalue weighted by molar-refractivity contribution is 0.462. The second-order valence-corrected chi connectivity index (χ2v) is 5.02. The van der Waals surface area contributed by atoms with Gasteiger partial charge in [0.2, 0.25) is 5.88 Å². The zero-order chi connectivity index (χ0) is 14.4. The first-order chi connectivity index (χ1) is 9.74. The minimum Gasteiger partial charge on any atom is -0.438 e. The molecular weight excluding hydrogens is 272 g/mol. The van der Waals surface area contributed by atoms with Crippen molar-refractivity contribution >= 4 is 11.6 Å². The highest BCUT2D eigenvalue weighted by atomic mass is 35.5. The Balaban J connectivity index is 2.10. The molecular formula is C16H19ClN2O. The standard InChI is InChI=1S/C16H19ClN2O/c1-2-3-4-12-5-7-14(8-6-12)20-16-15(17)13(11-18)9-10-19-16/h5-10H,2-4,11,18H2,1H3. The SMILES string of the molecule is CCCCc1ccc(Oc2nccc(CN)c2Cl)cc1. The van der Waals surface area contributed by atoms with Gasteiger partial charge in [-0.3, -0.25) is 0 Å². The molecule has 0 radical (unpaired) electrons. The first-order valence-corrected chi connectivity index (χ1v) is 7.22. The van der Waals surface area contributed by atoms with E-state index in [-0.39, 0.29) is 0 Å². The van der Waals surface area contributed by atoms with Crippen LogP contribution < -0.4 is 10.5 Å². The number of benzene rings is 1. The number of hydrogen-bond acceptors (Lipinski definition) is 3. The van der Waals surface area contributed by atoms with Crippen LogP contribution in [-0.2, 0) is 13.0 Å². The Hall–Kier alpha value is -1.58. The molecule has 1 aromatic heterocycles. The fourth-order valence-corrected chi connectivity index (χ4v) is 2.14. The quantitative estimate of drug-likeness (QED) is 0.861. The van der Waals surface area contributed by atoms with Crippen molar-refractivity contribution in [3.8, 4) is 11.6 Å². The van der Waals surface area contributed by atoms with E-state index in [4.69, 9.17) is 22.1 Å². The van der Waals surface area contributed by atoms with E-state index in [0.717, 1.165) is 17.7 Å². The van der Waals surface area contributed by atoms with Crippen LogP contribution in [0.4, 0.5) is 0 Å². The van der Waals surface area contributed by atoms with Gasteiger partial charge >= 0.3 is 0 Å². The molecule has 0 spiro atoms. The topological polar surface area (TPSA) is 48.1 Å². The van der Waals surface area contributed by atoms with Gasteiger partial charge in [-0.2, -0.15) is 0 Å². The molecule has 0 saturated carbocycles. The fraction of sp³-hybridized carbons (Fsp3) is 0.312. The molecule has 0 unspecified atom stereocenters. The number of rotatable bonds is 6. The summed E-state index contributed by atoms with van der Waals surface area (Å²) < 4.78 is 5.71. The molecule has 20 heavy (non-hydrogen) atoms. The molecule has 3 nitrogen and oxygen atoms in total. The summed E-state index contributed by atoms with van der Waals surface area (Å²) in [5.41, 5.74) is 7.76. The van der Waals surface area contributed by atoms with Gasteiger partial charge < -0.3 is 10.5 Å². The minimum atomic E-state index is 0.369. The predicted octanol–water partition coefficient (Wildman–Crippen LogP) is 4.33. The molecule has 2 rings (SSSR count). The first-order valence-electron chi connectivity index (χ1n) is 6.84. The van der Waals surface area contributed by atoms with Gasteiger partial charge in [0.1, 0.15) is 10.8 Å². The maximum atomic E-state index is 6.19. The summed E-state index contributed by atoms with van der Waals surface area (Å²) in [6, 6.07) is 9.83. The molecule has 106 valence electrons. The van der Waals surface area contributed by atoms with Crippen molar-refractivity contribution in [1.82, 2.24) is 4.98 Å². The van der Waals surface area contributed by atoms with Crippen molar-refractivity contribution < 1.29 is 4.74 Å². The number of halogens is 1. The molecule has 2 aromatic rings. The van der Waals surface area contributed by atoms with Crippen molar-refractivity contribution in [2.24, 2.45) is 5.73 Å². The molecule has 1 aromatic carbocycles. The smallest absolute Gasteiger partial charge is 0.238 e. The van der Waals surface area contributed by atoms with Crippen LogP contribution in [0.2, 0.25) is 5.02 Å². The van der Waals surface area contributed by atoms with E-state index in [1.54, 1.807) is 12.3 Å².